The van der Waals surface area contributed by atoms with Crippen LogP contribution in [0.5, 0.6) is 0 Å². The van der Waals surface area contributed by atoms with Gasteiger partial charge in [0.2, 0.25) is 0 Å². The van der Waals surface area contributed by atoms with E-state index in [4.69, 9.17) is 9.47 Å². The third-order valence-corrected chi connectivity index (χ3v) is 5.13. The summed E-state index contributed by atoms with van der Waals surface area (Å²) in [6, 6.07) is 0. The number of carbonyl (C=O) groups is 2. The Labute approximate surface area is 173 Å². The lowest BCUT2D eigenvalue weighted by Gasteiger charge is -2.30. The number of unbranched alkanes of at least 4 members (excludes halogenated alkanes) is 2. The van der Waals surface area contributed by atoms with Crippen LogP contribution in [0.1, 0.15) is 99.8 Å². The summed E-state index contributed by atoms with van der Waals surface area (Å²) in [5.41, 5.74) is 0.792. The van der Waals surface area contributed by atoms with E-state index >= 15 is 0 Å². The molecular weight excluding hydrogens is 352 g/mol. The molecule has 2 unspecified atom stereocenters. The van der Waals surface area contributed by atoms with E-state index < -0.39 is 11.3 Å². The van der Waals surface area contributed by atoms with E-state index in [1.807, 2.05) is 13.8 Å². The Bertz CT molecular complexity index is 479. The van der Waals surface area contributed by atoms with Crippen molar-refractivity contribution in [1.29, 1.82) is 0 Å². The van der Waals surface area contributed by atoms with Crippen LogP contribution in [0.25, 0.3) is 0 Å². The summed E-state index contributed by atoms with van der Waals surface area (Å²) in [6.07, 6.45) is 9.22. The average molecular weight is 397 g/mol. The number of ether oxygens (including phenoxy) is 2. The minimum Gasteiger partial charge on any atom is -0.466 e. The second-order valence-corrected chi connectivity index (χ2v) is 8.76. The van der Waals surface area contributed by atoms with E-state index in [1.165, 1.54) is 18.4 Å². The van der Waals surface area contributed by atoms with Gasteiger partial charge in [-0.05, 0) is 37.5 Å². The van der Waals surface area contributed by atoms with E-state index in [1.54, 1.807) is 0 Å². The molecule has 0 spiro atoms. The van der Waals surface area contributed by atoms with Gasteiger partial charge in [-0.1, -0.05) is 78.9 Å². The van der Waals surface area contributed by atoms with Crippen LogP contribution in [-0.4, -0.2) is 25.2 Å². The van der Waals surface area contributed by atoms with Gasteiger partial charge in [0, 0.05) is 0 Å². The average Bonchev–Trinajstić information content (AvgIpc) is 2.59. The van der Waals surface area contributed by atoms with E-state index in [2.05, 4.69) is 40.7 Å². The second-order valence-electron chi connectivity index (χ2n) is 8.76. The molecule has 0 N–H and O–H groups in total. The molecule has 0 saturated carbocycles. The number of esters is 2. The first-order valence-corrected chi connectivity index (χ1v) is 11.2. The maximum atomic E-state index is 12.8. The molecule has 2 atom stereocenters. The van der Waals surface area contributed by atoms with Gasteiger partial charge < -0.3 is 9.47 Å². The molecule has 0 aliphatic rings. The number of hydrogen-bond donors (Lipinski definition) is 0. The first kappa shape index (κ1) is 26.7. The summed E-state index contributed by atoms with van der Waals surface area (Å²) in [6.45, 7) is 15.5. The zero-order valence-electron chi connectivity index (χ0n) is 19.4. The highest BCUT2D eigenvalue weighted by Crippen LogP contribution is 2.35. The van der Waals surface area contributed by atoms with Crippen molar-refractivity contribution in [3.05, 3.63) is 11.6 Å². The minimum atomic E-state index is -0.532. The highest BCUT2D eigenvalue weighted by atomic mass is 16.5. The lowest BCUT2D eigenvalue weighted by molar-refractivity contribution is -0.158. The summed E-state index contributed by atoms with van der Waals surface area (Å²) in [5.74, 6) is -0.526. The Kier molecular flexibility index (Phi) is 14.0. The van der Waals surface area contributed by atoms with Crippen molar-refractivity contribution in [2.75, 3.05) is 13.2 Å². The fraction of sp³-hybridized carbons (Fsp3) is 0.833. The van der Waals surface area contributed by atoms with Crippen LogP contribution in [0.2, 0.25) is 0 Å². The molecule has 28 heavy (non-hydrogen) atoms. The smallest absolute Gasteiger partial charge is 0.310 e. The fourth-order valence-corrected chi connectivity index (χ4v) is 3.56. The van der Waals surface area contributed by atoms with Gasteiger partial charge >= 0.3 is 11.9 Å². The lowest BCUT2D eigenvalue weighted by Crippen LogP contribution is -2.34. The van der Waals surface area contributed by atoms with E-state index in [-0.39, 0.29) is 18.4 Å². The highest BCUT2D eigenvalue weighted by Gasteiger charge is 2.37. The molecule has 0 aromatic heterocycles. The van der Waals surface area contributed by atoms with Crippen molar-refractivity contribution < 1.29 is 19.1 Å². The van der Waals surface area contributed by atoms with E-state index in [9.17, 15) is 9.59 Å². The van der Waals surface area contributed by atoms with Crippen molar-refractivity contribution >= 4 is 11.9 Å². The normalized spacial score (nSPS) is 14.5. The van der Waals surface area contributed by atoms with Crippen molar-refractivity contribution in [2.24, 2.45) is 17.3 Å². The summed E-state index contributed by atoms with van der Waals surface area (Å²) in [7, 11) is 0. The molecule has 0 saturated heterocycles. The van der Waals surface area contributed by atoms with E-state index in [0.717, 1.165) is 32.1 Å². The Balaban J connectivity index is 5.25. The number of rotatable bonds is 15. The van der Waals surface area contributed by atoms with Crippen LogP contribution in [0.4, 0.5) is 0 Å². The zero-order chi connectivity index (χ0) is 21.6. The predicted molar refractivity (Wildman–Crippen MR) is 116 cm³/mol. The Morgan fingerprint density at radius 3 is 2.04 bits per heavy atom. The van der Waals surface area contributed by atoms with Crippen LogP contribution in [0.15, 0.2) is 11.6 Å². The molecule has 0 aliphatic heterocycles. The van der Waals surface area contributed by atoms with Crippen LogP contribution >= 0.6 is 0 Å². The maximum absolute atomic E-state index is 12.8. The van der Waals surface area contributed by atoms with Crippen LogP contribution in [-0.2, 0) is 19.1 Å². The summed E-state index contributed by atoms with van der Waals surface area (Å²) < 4.78 is 10.8. The van der Waals surface area contributed by atoms with Gasteiger partial charge in [-0.25, -0.2) is 0 Å². The van der Waals surface area contributed by atoms with Crippen LogP contribution in [0, 0.1) is 17.3 Å². The largest absolute Gasteiger partial charge is 0.466 e. The topological polar surface area (TPSA) is 52.6 Å². The third-order valence-electron chi connectivity index (χ3n) is 5.13. The summed E-state index contributed by atoms with van der Waals surface area (Å²) in [4.78, 5) is 25.1. The lowest BCUT2D eigenvalue weighted by atomic mass is 9.75. The third kappa shape index (κ3) is 11.5. The van der Waals surface area contributed by atoms with Gasteiger partial charge in [0.05, 0.1) is 25.6 Å². The van der Waals surface area contributed by atoms with E-state index in [0.29, 0.717) is 19.1 Å². The first-order valence-electron chi connectivity index (χ1n) is 11.2. The molecule has 0 amide bonds. The van der Waals surface area contributed by atoms with Gasteiger partial charge in [0.1, 0.15) is 0 Å². The van der Waals surface area contributed by atoms with Gasteiger partial charge in [-0.15, -0.1) is 0 Å². The molecule has 0 aromatic carbocycles. The maximum Gasteiger partial charge on any atom is 0.310 e. The number of carbonyl (C=O) groups excluding carboxylic acids is 2. The molecule has 4 heteroatoms. The van der Waals surface area contributed by atoms with Crippen molar-refractivity contribution in [3.63, 3.8) is 0 Å². The molecular formula is C24H44O4. The van der Waals surface area contributed by atoms with Crippen molar-refractivity contribution in [1.82, 2.24) is 0 Å². The van der Waals surface area contributed by atoms with Crippen molar-refractivity contribution in [3.8, 4) is 0 Å². The van der Waals surface area contributed by atoms with Crippen LogP contribution in [0.3, 0.4) is 0 Å². The number of allylic oxidation sites excluding steroid dienone is 2. The summed E-state index contributed by atoms with van der Waals surface area (Å²) >= 11 is 0. The SMILES string of the molecule is CCCCOC(=O)CC(C(=O)OCCCC)C(C)(C)/C=C(/C)CC(C)CCC. The molecule has 0 rings (SSSR count). The number of hydrogen-bond acceptors (Lipinski definition) is 4. The monoisotopic (exact) mass is 396 g/mol. The zero-order valence-corrected chi connectivity index (χ0v) is 19.4. The fourth-order valence-electron chi connectivity index (χ4n) is 3.56. The molecule has 0 radical (unpaired) electrons. The van der Waals surface area contributed by atoms with Crippen molar-refractivity contribution in [2.45, 2.75) is 99.8 Å². The standard InChI is InChI=1S/C24H44O4/c1-8-11-14-27-22(25)17-21(23(26)28-15-12-9-2)24(6,7)18-20(5)16-19(4)13-10-3/h18-19,21H,8-17H2,1-7H3/b20-18-. The predicted octanol–water partition coefficient (Wildman–Crippen LogP) is 6.48. The highest BCUT2D eigenvalue weighted by molar-refractivity contribution is 5.81. The Morgan fingerprint density at radius 2 is 1.50 bits per heavy atom. The molecule has 0 aliphatic carbocycles. The second kappa shape index (κ2) is 14.6. The summed E-state index contributed by atoms with van der Waals surface area (Å²) in [5, 5.41) is 0. The Hall–Kier alpha value is -1.32. The molecule has 0 heterocycles. The quantitative estimate of drug-likeness (QED) is 0.181. The van der Waals surface area contributed by atoms with Crippen LogP contribution < -0.4 is 0 Å². The van der Waals surface area contributed by atoms with Gasteiger partial charge in [-0.3, -0.25) is 9.59 Å². The molecule has 164 valence electrons. The Morgan fingerprint density at radius 1 is 0.929 bits per heavy atom. The molecule has 4 nitrogen and oxygen atoms in total. The van der Waals surface area contributed by atoms with Gasteiger partial charge in [0.15, 0.2) is 0 Å². The first-order chi connectivity index (χ1) is 13.2. The molecule has 0 aromatic rings. The minimum absolute atomic E-state index is 0.0654. The van der Waals surface area contributed by atoms with Gasteiger partial charge in [0.25, 0.3) is 0 Å². The molecule has 0 fully saturated rings. The van der Waals surface area contributed by atoms with Gasteiger partial charge in [-0.2, -0.15) is 0 Å². The molecule has 0 bridgehead atoms.